The molecule has 0 aromatic rings. The molecule has 17 heteroatoms. The molecule has 0 radical (unpaired) electrons. The van der Waals surface area contributed by atoms with E-state index >= 15 is 0 Å². The number of nitrogens with one attached hydrogen (secondary N) is 2. The van der Waals surface area contributed by atoms with E-state index in [0.717, 1.165) is 0 Å². The van der Waals surface area contributed by atoms with Crippen molar-refractivity contribution in [3.8, 4) is 0 Å². The lowest BCUT2D eigenvalue weighted by molar-refractivity contribution is -0.292. The average Bonchev–Trinajstić information content (AvgIpc) is 3.48. The van der Waals surface area contributed by atoms with Gasteiger partial charge < -0.3 is 69.9 Å². The zero-order chi connectivity index (χ0) is 34.1. The zero-order valence-electron chi connectivity index (χ0n) is 26.4. The maximum atomic E-state index is 13.2. The van der Waals surface area contributed by atoms with Crippen molar-refractivity contribution in [2.75, 3.05) is 39.4 Å². The lowest BCUT2D eigenvalue weighted by atomic mass is 9.94. The van der Waals surface area contributed by atoms with Crippen molar-refractivity contribution in [1.82, 2.24) is 15.5 Å². The first-order valence-electron chi connectivity index (χ1n) is 15.7. The van der Waals surface area contributed by atoms with Gasteiger partial charge in [0.05, 0.1) is 37.3 Å². The minimum absolute atomic E-state index is 0.0148. The zero-order valence-corrected chi connectivity index (χ0v) is 26.4. The van der Waals surface area contributed by atoms with Crippen molar-refractivity contribution < 1.29 is 68.8 Å². The van der Waals surface area contributed by atoms with Gasteiger partial charge in [-0.05, 0) is 33.6 Å². The largest absolute Gasteiger partial charge is 0.388 e. The monoisotopic (exact) mass is 663 g/mol. The average molecular weight is 664 g/mol. The standard InChI is InChI=1S/C29H49N3O14/c1-14(33)6-4-5-7-19(34)32-12-17(26(41)30-8-10-43-28-24(39)22(37)20(35)15(2)45-28)18(13-32)27(42)31-9-11-44-29-25(40)23(38)21(36)16(3)46-29/h15-18,20-25,28-29,35-40H,4-13H2,1-3H3,(H,30,41)(H,31,42)/t15-,16-,17-,18+,20+,21+,22+,23+,24-,25-,28+,29+/m0/s1. The molecule has 17 nitrogen and oxygen atoms in total. The molecule has 0 bridgehead atoms. The van der Waals surface area contributed by atoms with Crippen LogP contribution in [-0.2, 0) is 38.1 Å². The number of carbonyl (C=O) groups excluding carboxylic acids is 4. The first kappa shape index (κ1) is 38.1. The fraction of sp³-hybridized carbons (Fsp3) is 0.862. The van der Waals surface area contributed by atoms with Gasteiger partial charge in [0, 0.05) is 39.0 Å². The third kappa shape index (κ3) is 10.1. The first-order chi connectivity index (χ1) is 21.7. The summed E-state index contributed by atoms with van der Waals surface area (Å²) in [6.07, 6.45) is -11.0. The van der Waals surface area contributed by atoms with E-state index in [4.69, 9.17) is 18.9 Å². The highest BCUT2D eigenvalue weighted by atomic mass is 16.7. The fourth-order valence-electron chi connectivity index (χ4n) is 5.61. The number of carbonyl (C=O) groups is 4. The van der Waals surface area contributed by atoms with Crippen LogP contribution >= 0.6 is 0 Å². The van der Waals surface area contributed by atoms with Crippen LogP contribution in [-0.4, -0.2) is 160 Å². The number of hydrogen-bond acceptors (Lipinski definition) is 14. The number of likely N-dealkylation sites (tertiary alicyclic amines) is 1. The van der Waals surface area contributed by atoms with Crippen LogP contribution in [0.3, 0.4) is 0 Å². The Balaban J connectivity index is 1.53. The van der Waals surface area contributed by atoms with Gasteiger partial charge in [-0.25, -0.2) is 0 Å². The molecule has 0 aromatic heterocycles. The van der Waals surface area contributed by atoms with Crippen LogP contribution in [0.2, 0.25) is 0 Å². The molecule has 8 N–H and O–H groups in total. The molecule has 3 aliphatic rings. The lowest BCUT2D eigenvalue weighted by Gasteiger charge is -2.38. The van der Waals surface area contributed by atoms with Gasteiger partial charge in [-0.15, -0.1) is 0 Å². The van der Waals surface area contributed by atoms with Crippen LogP contribution in [0, 0.1) is 11.8 Å². The van der Waals surface area contributed by atoms with Crippen LogP contribution in [0.5, 0.6) is 0 Å². The van der Waals surface area contributed by atoms with E-state index in [0.29, 0.717) is 19.3 Å². The van der Waals surface area contributed by atoms with Crippen LogP contribution in [0.25, 0.3) is 0 Å². The molecule has 46 heavy (non-hydrogen) atoms. The first-order valence-corrected chi connectivity index (χ1v) is 15.7. The van der Waals surface area contributed by atoms with E-state index in [2.05, 4.69) is 10.6 Å². The third-order valence-corrected chi connectivity index (χ3v) is 8.50. The number of nitrogens with zero attached hydrogens (tertiary/aromatic N) is 1. The van der Waals surface area contributed by atoms with E-state index < -0.39 is 85.1 Å². The highest BCUT2D eigenvalue weighted by Crippen LogP contribution is 2.26. The quantitative estimate of drug-likeness (QED) is 0.0781. The van der Waals surface area contributed by atoms with E-state index in [1.165, 1.54) is 25.7 Å². The molecule has 3 amide bonds. The third-order valence-electron chi connectivity index (χ3n) is 8.50. The number of unbranched alkanes of at least 4 members (excludes halogenated alkanes) is 1. The molecule has 3 saturated heterocycles. The smallest absolute Gasteiger partial charge is 0.225 e. The van der Waals surface area contributed by atoms with Gasteiger partial charge in [-0.3, -0.25) is 14.4 Å². The molecule has 0 unspecified atom stereocenters. The summed E-state index contributed by atoms with van der Waals surface area (Å²) in [5.74, 6) is -3.06. The minimum Gasteiger partial charge on any atom is -0.388 e. The number of aliphatic hydroxyl groups is 6. The Morgan fingerprint density at radius 3 is 1.50 bits per heavy atom. The molecule has 0 aromatic carbocycles. The fourth-order valence-corrected chi connectivity index (χ4v) is 5.61. The predicted octanol–water partition coefficient (Wildman–Crippen LogP) is -3.87. The molecule has 0 saturated carbocycles. The molecular formula is C29H49N3O14. The van der Waals surface area contributed by atoms with Gasteiger partial charge in [-0.1, -0.05) is 0 Å². The summed E-state index contributed by atoms with van der Waals surface area (Å²) in [7, 11) is 0. The SMILES string of the molecule is CC(=O)CCCCC(=O)N1C[C@H](C(=O)NCCO[C@@H]2O[C@@H](C)[C@@H](O)[C@@H](O)[C@@H]2O)[C@H](C(=O)NCCO[C@@H]2O[C@@H](C)[C@@H](O)[C@@H](O)[C@@H]2O)C1. The molecule has 12 atom stereocenters. The molecule has 3 rings (SSSR count). The van der Waals surface area contributed by atoms with Gasteiger partial charge in [0.2, 0.25) is 17.7 Å². The van der Waals surface area contributed by atoms with Crippen LogP contribution in [0.15, 0.2) is 0 Å². The molecule has 3 aliphatic heterocycles. The highest BCUT2D eigenvalue weighted by molar-refractivity contribution is 5.90. The van der Waals surface area contributed by atoms with E-state index in [9.17, 15) is 49.8 Å². The van der Waals surface area contributed by atoms with Crippen molar-refractivity contribution >= 4 is 23.5 Å². The molecule has 0 aliphatic carbocycles. The summed E-state index contributed by atoms with van der Waals surface area (Å²) in [6.45, 7) is 4.13. The Labute approximate surface area is 267 Å². The topological polar surface area (TPSA) is 254 Å². The number of amides is 3. The van der Waals surface area contributed by atoms with E-state index in [1.807, 2.05) is 0 Å². The van der Waals surface area contributed by atoms with Gasteiger partial charge in [-0.2, -0.15) is 0 Å². The summed E-state index contributed by atoms with van der Waals surface area (Å²) >= 11 is 0. The van der Waals surface area contributed by atoms with Crippen LogP contribution in [0.4, 0.5) is 0 Å². The Hall–Kier alpha value is -2.32. The number of ketones is 1. The summed E-state index contributed by atoms with van der Waals surface area (Å²) in [4.78, 5) is 51.9. The molecule has 264 valence electrons. The van der Waals surface area contributed by atoms with Crippen molar-refractivity contribution in [2.45, 2.75) is 108 Å². The van der Waals surface area contributed by atoms with E-state index in [-0.39, 0.29) is 57.5 Å². The van der Waals surface area contributed by atoms with Gasteiger partial charge >= 0.3 is 0 Å². The van der Waals surface area contributed by atoms with Gasteiger partial charge in [0.15, 0.2) is 12.6 Å². The number of hydrogen-bond donors (Lipinski definition) is 8. The van der Waals surface area contributed by atoms with Gasteiger partial charge in [0.25, 0.3) is 0 Å². The van der Waals surface area contributed by atoms with Crippen LogP contribution in [0.1, 0.15) is 46.5 Å². The second kappa shape index (κ2) is 17.7. The van der Waals surface area contributed by atoms with Crippen molar-refractivity contribution in [3.05, 3.63) is 0 Å². The van der Waals surface area contributed by atoms with E-state index in [1.54, 1.807) is 0 Å². The lowest BCUT2D eigenvalue weighted by Crippen LogP contribution is -2.57. The Morgan fingerprint density at radius 2 is 1.09 bits per heavy atom. The minimum atomic E-state index is -1.50. The number of ether oxygens (including phenoxy) is 4. The second-order valence-electron chi connectivity index (χ2n) is 12.1. The maximum absolute atomic E-state index is 13.2. The summed E-state index contributed by atoms with van der Waals surface area (Å²) in [5, 5.41) is 65.1. The van der Waals surface area contributed by atoms with Gasteiger partial charge in [0.1, 0.15) is 42.4 Å². The van der Waals surface area contributed by atoms with Crippen molar-refractivity contribution in [2.24, 2.45) is 11.8 Å². The van der Waals surface area contributed by atoms with Crippen molar-refractivity contribution in [3.63, 3.8) is 0 Å². The molecule has 3 fully saturated rings. The predicted molar refractivity (Wildman–Crippen MR) is 155 cm³/mol. The highest BCUT2D eigenvalue weighted by Gasteiger charge is 2.45. The van der Waals surface area contributed by atoms with Crippen molar-refractivity contribution in [1.29, 1.82) is 0 Å². The Bertz CT molecular complexity index is 973. The molecule has 3 heterocycles. The number of Topliss-reactive ketones (excluding diaryl/α,β-unsaturated/α-hetero) is 1. The second-order valence-corrected chi connectivity index (χ2v) is 12.1. The number of rotatable bonds is 15. The Kier molecular flexibility index (Phi) is 14.7. The Morgan fingerprint density at radius 1 is 0.674 bits per heavy atom. The summed E-state index contributed by atoms with van der Waals surface area (Å²) in [5.41, 5.74) is 0. The van der Waals surface area contributed by atoms with Crippen LogP contribution < -0.4 is 10.6 Å². The molecular weight excluding hydrogens is 614 g/mol. The normalized spacial score (nSPS) is 36.3. The summed E-state index contributed by atoms with van der Waals surface area (Å²) < 4.78 is 21.6. The number of aliphatic hydroxyl groups excluding tert-OH is 6. The molecule has 0 spiro atoms. The summed E-state index contributed by atoms with van der Waals surface area (Å²) in [6, 6.07) is 0. The maximum Gasteiger partial charge on any atom is 0.225 e.